The summed E-state index contributed by atoms with van der Waals surface area (Å²) in [6.45, 7) is 0.950. The van der Waals surface area contributed by atoms with Crippen molar-refractivity contribution in [2.45, 2.75) is 18.5 Å². The number of carbonyl (C=O) groups is 1. The Balaban J connectivity index is 1.63. The average Bonchev–Trinajstić information content (AvgIpc) is 2.96. The lowest BCUT2D eigenvalue weighted by Crippen LogP contribution is -2.41. The molecule has 3 rings (SSSR count). The summed E-state index contributed by atoms with van der Waals surface area (Å²) in [6.07, 6.45) is 4.13. The second-order valence-electron chi connectivity index (χ2n) is 6.50. The Morgan fingerprint density at radius 2 is 1.88 bits per heavy atom. The Labute approximate surface area is 148 Å². The quantitative estimate of drug-likeness (QED) is 0.892. The van der Waals surface area contributed by atoms with Gasteiger partial charge < -0.3 is 15.5 Å². The highest BCUT2D eigenvalue weighted by molar-refractivity contribution is 5.89. The van der Waals surface area contributed by atoms with E-state index in [2.05, 4.69) is 44.7 Å². The first-order chi connectivity index (χ1) is 12.0. The van der Waals surface area contributed by atoms with Crippen molar-refractivity contribution in [3.63, 3.8) is 0 Å². The minimum Gasteiger partial charge on any atom is -0.347 e. The zero-order chi connectivity index (χ0) is 17.8. The van der Waals surface area contributed by atoms with E-state index in [-0.39, 0.29) is 18.1 Å². The zero-order valence-electron chi connectivity index (χ0n) is 14.8. The van der Waals surface area contributed by atoms with Gasteiger partial charge >= 0.3 is 6.03 Å². The number of hydrogen-bond donors (Lipinski definition) is 2. The number of nitrogens with zero attached hydrogens (tertiary/aromatic N) is 4. The third kappa shape index (κ3) is 4.06. The number of amides is 2. The molecular formula is C18H24N6O. The van der Waals surface area contributed by atoms with Gasteiger partial charge in [-0.3, -0.25) is 4.90 Å². The van der Waals surface area contributed by atoms with E-state index in [4.69, 9.17) is 0 Å². The molecule has 2 atom stereocenters. The Morgan fingerprint density at radius 1 is 1.20 bits per heavy atom. The fraction of sp³-hybridized carbons (Fsp3) is 0.389. The molecule has 1 aliphatic rings. The number of carbonyl (C=O) groups excluding carboxylic acids is 1. The van der Waals surface area contributed by atoms with Crippen LogP contribution in [0.3, 0.4) is 0 Å². The lowest BCUT2D eigenvalue weighted by atomic mass is 10.0. The van der Waals surface area contributed by atoms with Crippen LogP contribution < -0.4 is 15.5 Å². The first kappa shape index (κ1) is 17.2. The highest BCUT2D eigenvalue weighted by Crippen LogP contribution is 2.30. The van der Waals surface area contributed by atoms with E-state index < -0.39 is 0 Å². The van der Waals surface area contributed by atoms with Gasteiger partial charge in [-0.25, -0.2) is 14.8 Å². The van der Waals surface area contributed by atoms with Crippen LogP contribution in [0.15, 0.2) is 42.7 Å². The summed E-state index contributed by atoms with van der Waals surface area (Å²) < 4.78 is 0. The number of benzene rings is 1. The fourth-order valence-corrected chi connectivity index (χ4v) is 3.19. The molecule has 2 aromatic rings. The van der Waals surface area contributed by atoms with Crippen LogP contribution in [0.25, 0.3) is 0 Å². The minimum absolute atomic E-state index is 0.0642. The molecule has 7 heteroatoms. The van der Waals surface area contributed by atoms with Gasteiger partial charge in [-0.15, -0.1) is 0 Å². The topological polar surface area (TPSA) is 73.4 Å². The number of likely N-dealkylation sites (tertiary alicyclic amines) is 1. The molecule has 0 aliphatic carbocycles. The summed E-state index contributed by atoms with van der Waals surface area (Å²) in [5.41, 5.74) is 1.79. The van der Waals surface area contributed by atoms with Crippen molar-refractivity contribution in [3.8, 4) is 0 Å². The van der Waals surface area contributed by atoms with E-state index in [0.717, 1.165) is 13.0 Å². The van der Waals surface area contributed by atoms with Gasteiger partial charge in [-0.2, -0.15) is 0 Å². The maximum absolute atomic E-state index is 12.4. The standard InChI is InChI=1S/C18H24N6O/c1-23(2)17-19-11-14(12-20-17)21-18(25)22-15-9-10-24(3)16(15)13-7-5-4-6-8-13/h4-8,11-12,15-16H,9-10H2,1-3H3,(H2,21,22,25)/t15-,16+/m1/s1. The largest absolute Gasteiger partial charge is 0.347 e. The SMILES string of the molecule is CN(C)c1ncc(NC(=O)N[C@@H]2CCN(C)[C@H]2c2ccccc2)cn1. The third-order valence-corrected chi connectivity index (χ3v) is 4.40. The van der Waals surface area contributed by atoms with Gasteiger partial charge in [-0.05, 0) is 19.0 Å². The average molecular weight is 340 g/mol. The van der Waals surface area contributed by atoms with Gasteiger partial charge in [0, 0.05) is 20.6 Å². The molecule has 7 nitrogen and oxygen atoms in total. The molecule has 1 aromatic heterocycles. The molecule has 0 unspecified atom stereocenters. The van der Waals surface area contributed by atoms with E-state index >= 15 is 0 Å². The van der Waals surface area contributed by atoms with E-state index in [1.165, 1.54) is 5.56 Å². The van der Waals surface area contributed by atoms with Gasteiger partial charge in [0.15, 0.2) is 0 Å². The summed E-state index contributed by atoms with van der Waals surface area (Å²) in [5, 5.41) is 5.90. The highest BCUT2D eigenvalue weighted by atomic mass is 16.2. The molecule has 1 fully saturated rings. The predicted molar refractivity (Wildman–Crippen MR) is 98.7 cm³/mol. The highest BCUT2D eigenvalue weighted by Gasteiger charge is 2.33. The maximum Gasteiger partial charge on any atom is 0.319 e. The van der Waals surface area contributed by atoms with E-state index in [9.17, 15) is 4.79 Å². The second kappa shape index (κ2) is 7.48. The minimum atomic E-state index is -0.234. The monoisotopic (exact) mass is 340 g/mol. The Kier molecular flexibility index (Phi) is 5.14. The van der Waals surface area contributed by atoms with Gasteiger partial charge in [-0.1, -0.05) is 30.3 Å². The normalized spacial score (nSPS) is 20.3. The summed E-state index contributed by atoms with van der Waals surface area (Å²) in [7, 11) is 5.83. The Hall–Kier alpha value is -2.67. The Bertz CT molecular complexity index is 703. The summed E-state index contributed by atoms with van der Waals surface area (Å²) in [6, 6.07) is 10.3. The van der Waals surface area contributed by atoms with Crippen molar-refractivity contribution >= 4 is 17.7 Å². The van der Waals surface area contributed by atoms with Gasteiger partial charge in [0.2, 0.25) is 5.95 Å². The number of likely N-dealkylation sites (N-methyl/N-ethyl adjacent to an activating group) is 1. The molecule has 25 heavy (non-hydrogen) atoms. The smallest absolute Gasteiger partial charge is 0.319 e. The molecule has 0 radical (unpaired) electrons. The molecule has 2 amide bonds. The van der Waals surface area contributed by atoms with Crippen LogP contribution in [0.1, 0.15) is 18.0 Å². The molecule has 1 aliphatic heterocycles. The van der Waals surface area contributed by atoms with Crippen molar-refractivity contribution in [1.29, 1.82) is 0 Å². The van der Waals surface area contributed by atoms with Crippen molar-refractivity contribution in [1.82, 2.24) is 20.2 Å². The van der Waals surface area contributed by atoms with Crippen molar-refractivity contribution in [3.05, 3.63) is 48.3 Å². The van der Waals surface area contributed by atoms with E-state index in [1.54, 1.807) is 12.4 Å². The van der Waals surface area contributed by atoms with Crippen molar-refractivity contribution in [2.24, 2.45) is 0 Å². The Morgan fingerprint density at radius 3 is 2.52 bits per heavy atom. The third-order valence-electron chi connectivity index (χ3n) is 4.40. The fourth-order valence-electron chi connectivity index (χ4n) is 3.19. The van der Waals surface area contributed by atoms with E-state index in [0.29, 0.717) is 11.6 Å². The number of aromatic nitrogens is 2. The molecule has 1 aromatic carbocycles. The molecule has 2 heterocycles. The predicted octanol–water partition coefficient (Wildman–Crippen LogP) is 2.11. The molecule has 0 spiro atoms. The summed E-state index contributed by atoms with van der Waals surface area (Å²) in [5.74, 6) is 0.604. The molecule has 0 saturated carbocycles. The number of nitrogens with one attached hydrogen (secondary N) is 2. The first-order valence-corrected chi connectivity index (χ1v) is 8.36. The van der Waals surface area contributed by atoms with Crippen LogP contribution in [-0.2, 0) is 0 Å². The number of rotatable bonds is 4. The van der Waals surface area contributed by atoms with Crippen molar-refractivity contribution < 1.29 is 4.79 Å². The van der Waals surface area contributed by atoms with Crippen LogP contribution in [0.2, 0.25) is 0 Å². The summed E-state index contributed by atoms with van der Waals surface area (Å²) in [4.78, 5) is 24.8. The molecule has 1 saturated heterocycles. The summed E-state index contributed by atoms with van der Waals surface area (Å²) >= 11 is 0. The second-order valence-corrected chi connectivity index (χ2v) is 6.50. The molecular weight excluding hydrogens is 316 g/mol. The lowest BCUT2D eigenvalue weighted by Gasteiger charge is -2.26. The molecule has 132 valence electrons. The first-order valence-electron chi connectivity index (χ1n) is 8.36. The van der Waals surface area contributed by atoms with E-state index in [1.807, 2.05) is 37.2 Å². The van der Waals surface area contributed by atoms with Crippen LogP contribution >= 0.6 is 0 Å². The lowest BCUT2D eigenvalue weighted by molar-refractivity contribution is 0.240. The number of anilines is 2. The van der Waals surface area contributed by atoms with Crippen LogP contribution in [0.4, 0.5) is 16.4 Å². The number of urea groups is 1. The van der Waals surface area contributed by atoms with Crippen LogP contribution in [0.5, 0.6) is 0 Å². The van der Waals surface area contributed by atoms with Crippen molar-refractivity contribution in [2.75, 3.05) is 37.9 Å². The van der Waals surface area contributed by atoms with Gasteiger partial charge in [0.05, 0.1) is 30.2 Å². The maximum atomic E-state index is 12.4. The van der Waals surface area contributed by atoms with Crippen LogP contribution in [0, 0.1) is 0 Å². The number of hydrogen-bond acceptors (Lipinski definition) is 5. The zero-order valence-corrected chi connectivity index (χ0v) is 14.8. The van der Waals surface area contributed by atoms with Gasteiger partial charge in [0.1, 0.15) is 0 Å². The molecule has 0 bridgehead atoms. The molecule has 2 N–H and O–H groups in total. The van der Waals surface area contributed by atoms with Gasteiger partial charge in [0.25, 0.3) is 0 Å². The van der Waals surface area contributed by atoms with Crippen LogP contribution in [-0.4, -0.2) is 54.6 Å².